The van der Waals surface area contributed by atoms with E-state index >= 15 is 0 Å². The van der Waals surface area contributed by atoms with Crippen LogP contribution in [0.3, 0.4) is 0 Å². The Labute approximate surface area is 196 Å². The first-order valence-corrected chi connectivity index (χ1v) is 11.1. The van der Waals surface area contributed by atoms with Gasteiger partial charge in [0.05, 0.1) is 5.70 Å². The number of fused-ring (bicyclic) bond motifs is 3. The minimum Gasteiger partial charge on any atom is -0.480 e. The molecule has 0 amide bonds. The van der Waals surface area contributed by atoms with Crippen LogP contribution in [0.5, 0.6) is 5.75 Å². The minimum absolute atomic E-state index is 0.279. The molecule has 0 saturated heterocycles. The zero-order chi connectivity index (χ0) is 21.8. The molecule has 8 heteroatoms. The van der Waals surface area contributed by atoms with E-state index in [9.17, 15) is 4.39 Å². The fourth-order valence-corrected chi connectivity index (χ4v) is 4.76. The molecule has 2 aliphatic heterocycles. The van der Waals surface area contributed by atoms with Gasteiger partial charge >= 0.3 is 0 Å². The van der Waals surface area contributed by atoms with Gasteiger partial charge in [0.25, 0.3) is 0 Å². The lowest BCUT2D eigenvalue weighted by Crippen LogP contribution is -2.32. The lowest BCUT2D eigenvalue weighted by Gasteiger charge is -2.39. The zero-order valence-electron chi connectivity index (χ0n) is 16.5. The van der Waals surface area contributed by atoms with Crippen molar-refractivity contribution < 1.29 is 9.13 Å². The van der Waals surface area contributed by atoms with Gasteiger partial charge in [0.1, 0.15) is 30.0 Å². The van der Waals surface area contributed by atoms with E-state index in [0.29, 0.717) is 16.7 Å². The molecule has 0 radical (unpaired) electrons. The van der Waals surface area contributed by atoms with Crippen molar-refractivity contribution in [3.8, 4) is 5.75 Å². The number of aromatic nitrogens is 3. The van der Waals surface area contributed by atoms with E-state index < -0.39 is 6.10 Å². The summed E-state index contributed by atoms with van der Waals surface area (Å²) in [6.45, 7) is 0. The van der Waals surface area contributed by atoms with Gasteiger partial charge in [0.2, 0.25) is 5.95 Å². The van der Waals surface area contributed by atoms with Gasteiger partial charge in [-0.25, -0.2) is 9.07 Å². The molecule has 0 spiro atoms. The molecule has 158 valence electrons. The van der Waals surface area contributed by atoms with E-state index in [-0.39, 0.29) is 11.9 Å². The highest BCUT2D eigenvalue weighted by Crippen LogP contribution is 2.51. The van der Waals surface area contributed by atoms with Crippen molar-refractivity contribution in [2.75, 3.05) is 5.32 Å². The molecule has 2 atom stereocenters. The quantitative estimate of drug-likeness (QED) is 0.340. The molecular weight excluding hydrogens is 495 g/mol. The summed E-state index contributed by atoms with van der Waals surface area (Å²) in [6, 6.07) is 19.7. The Kier molecular flexibility index (Phi) is 4.55. The second kappa shape index (κ2) is 7.46. The summed E-state index contributed by atoms with van der Waals surface area (Å²) >= 11 is 9.86. The van der Waals surface area contributed by atoms with Crippen LogP contribution in [0.15, 0.2) is 83.1 Å². The van der Waals surface area contributed by atoms with Crippen molar-refractivity contribution >= 4 is 39.2 Å². The minimum atomic E-state index is -0.460. The maximum absolute atomic E-state index is 13.7. The number of nitrogens with zero attached hydrogens (tertiary/aromatic N) is 3. The SMILES string of the molecule is Fc1ccc([C@H]2Oc3ccc(Cl)cc3C3=C2[C@H](c2ccc(Br)cc2)n2ncnc2N3)cc1. The van der Waals surface area contributed by atoms with Gasteiger partial charge in [-0.1, -0.05) is 51.8 Å². The number of halogens is 3. The molecule has 5 nitrogen and oxygen atoms in total. The van der Waals surface area contributed by atoms with E-state index in [1.54, 1.807) is 18.2 Å². The number of anilines is 1. The summed E-state index contributed by atoms with van der Waals surface area (Å²) in [4.78, 5) is 4.42. The van der Waals surface area contributed by atoms with E-state index in [1.165, 1.54) is 18.5 Å². The standard InChI is InChI=1S/C24H15BrClFN4O/c25-15-5-1-13(2-6-15)22-20-21(30-24-28-12-29-31(22)24)18-11-16(26)7-10-19(18)32-23(20)14-3-8-17(27)9-4-14/h1-12,22-23H,(H,28,29,30)/t22-,23+/m0/s1. The van der Waals surface area contributed by atoms with Gasteiger partial charge in [-0.3, -0.25) is 0 Å². The molecule has 3 heterocycles. The van der Waals surface area contributed by atoms with E-state index in [2.05, 4.69) is 31.3 Å². The van der Waals surface area contributed by atoms with Gasteiger partial charge in [0.15, 0.2) is 0 Å². The molecule has 1 aromatic heterocycles. The topological polar surface area (TPSA) is 52.0 Å². The van der Waals surface area contributed by atoms with Crippen LogP contribution in [0.1, 0.15) is 28.8 Å². The molecular formula is C24H15BrClFN4O. The van der Waals surface area contributed by atoms with Gasteiger partial charge in [0, 0.05) is 20.6 Å². The average molecular weight is 510 g/mol. The molecule has 0 unspecified atom stereocenters. The summed E-state index contributed by atoms with van der Waals surface area (Å²) < 4.78 is 23.0. The molecule has 1 N–H and O–H groups in total. The second-order valence-electron chi connectivity index (χ2n) is 7.63. The molecule has 32 heavy (non-hydrogen) atoms. The summed E-state index contributed by atoms with van der Waals surface area (Å²) in [7, 11) is 0. The van der Waals surface area contributed by atoms with Crippen LogP contribution in [-0.4, -0.2) is 14.8 Å². The van der Waals surface area contributed by atoms with Gasteiger partial charge in [-0.15, -0.1) is 0 Å². The summed E-state index contributed by atoms with van der Waals surface area (Å²) in [5.74, 6) is 1.02. The first kappa shape index (κ1) is 19.5. The van der Waals surface area contributed by atoms with Crippen LogP contribution in [0.4, 0.5) is 10.3 Å². The third-order valence-corrected chi connectivity index (χ3v) is 6.50. The lowest BCUT2D eigenvalue weighted by atomic mass is 9.84. The summed E-state index contributed by atoms with van der Waals surface area (Å²) in [5, 5.41) is 8.54. The summed E-state index contributed by atoms with van der Waals surface area (Å²) in [6.07, 6.45) is 1.07. The number of rotatable bonds is 2. The van der Waals surface area contributed by atoms with E-state index in [0.717, 1.165) is 32.4 Å². The number of benzene rings is 3. The van der Waals surface area contributed by atoms with Crippen LogP contribution in [-0.2, 0) is 0 Å². The highest BCUT2D eigenvalue weighted by molar-refractivity contribution is 9.10. The Morgan fingerprint density at radius 3 is 2.53 bits per heavy atom. The van der Waals surface area contributed by atoms with Gasteiger partial charge in [-0.2, -0.15) is 10.1 Å². The van der Waals surface area contributed by atoms with Crippen molar-refractivity contribution in [3.63, 3.8) is 0 Å². The Morgan fingerprint density at radius 1 is 1.00 bits per heavy atom. The Bertz CT molecular complexity index is 1370. The monoisotopic (exact) mass is 508 g/mol. The third kappa shape index (κ3) is 3.12. The highest BCUT2D eigenvalue weighted by Gasteiger charge is 2.41. The van der Waals surface area contributed by atoms with Crippen molar-refractivity contribution in [2.24, 2.45) is 0 Å². The molecule has 0 saturated carbocycles. The lowest BCUT2D eigenvalue weighted by molar-refractivity contribution is 0.223. The Balaban J connectivity index is 1.63. The Morgan fingerprint density at radius 2 is 1.75 bits per heavy atom. The van der Waals surface area contributed by atoms with E-state index in [1.807, 2.05) is 41.1 Å². The van der Waals surface area contributed by atoms with Crippen LogP contribution >= 0.6 is 27.5 Å². The van der Waals surface area contributed by atoms with Crippen molar-refractivity contribution in [2.45, 2.75) is 12.1 Å². The fraction of sp³-hybridized carbons (Fsp3) is 0.0833. The fourth-order valence-electron chi connectivity index (χ4n) is 4.32. The summed E-state index contributed by atoms with van der Waals surface area (Å²) in [5.41, 5.74) is 4.53. The maximum Gasteiger partial charge on any atom is 0.226 e. The largest absolute Gasteiger partial charge is 0.480 e. The number of hydrogen-bond donors (Lipinski definition) is 1. The van der Waals surface area contributed by atoms with Crippen LogP contribution < -0.4 is 10.1 Å². The second-order valence-corrected chi connectivity index (χ2v) is 8.98. The van der Waals surface area contributed by atoms with Gasteiger partial charge in [-0.05, 0) is 53.6 Å². The molecule has 0 aliphatic carbocycles. The molecule has 6 rings (SSSR count). The molecule has 4 aromatic rings. The van der Waals surface area contributed by atoms with Crippen molar-refractivity contribution in [1.82, 2.24) is 14.8 Å². The van der Waals surface area contributed by atoms with Crippen LogP contribution in [0, 0.1) is 5.82 Å². The predicted octanol–water partition coefficient (Wildman–Crippen LogP) is 6.39. The third-order valence-electron chi connectivity index (χ3n) is 5.73. The van der Waals surface area contributed by atoms with Crippen LogP contribution in [0.2, 0.25) is 5.02 Å². The molecule has 0 fully saturated rings. The average Bonchev–Trinajstić information content (AvgIpc) is 3.27. The maximum atomic E-state index is 13.7. The van der Waals surface area contributed by atoms with E-state index in [4.69, 9.17) is 16.3 Å². The Hall–Kier alpha value is -3.16. The highest BCUT2D eigenvalue weighted by atomic mass is 79.9. The number of hydrogen-bond acceptors (Lipinski definition) is 4. The van der Waals surface area contributed by atoms with Crippen molar-refractivity contribution in [1.29, 1.82) is 0 Å². The smallest absolute Gasteiger partial charge is 0.226 e. The van der Waals surface area contributed by atoms with Crippen LogP contribution in [0.25, 0.3) is 5.70 Å². The molecule has 0 bridgehead atoms. The van der Waals surface area contributed by atoms with Crippen molar-refractivity contribution in [3.05, 3.63) is 111 Å². The first-order valence-electron chi connectivity index (χ1n) is 9.96. The normalized spacial score (nSPS) is 18.8. The first-order chi connectivity index (χ1) is 15.6. The molecule has 2 aliphatic rings. The number of nitrogens with one attached hydrogen (secondary N) is 1. The predicted molar refractivity (Wildman–Crippen MR) is 124 cm³/mol. The zero-order valence-corrected chi connectivity index (χ0v) is 18.8. The van der Waals surface area contributed by atoms with Gasteiger partial charge < -0.3 is 10.1 Å². The number of ether oxygens (including phenoxy) is 1. The molecule has 3 aromatic carbocycles.